The predicted molar refractivity (Wildman–Crippen MR) is 130 cm³/mol. The van der Waals surface area contributed by atoms with Crippen LogP contribution < -0.4 is 10.6 Å². The number of hydrogen-bond acceptors (Lipinski definition) is 5. The number of β-amino-alcohol motifs (C(OH)–C–C–N with tert-alkyl or cyclic N) is 1. The van der Waals surface area contributed by atoms with Crippen molar-refractivity contribution in [2.75, 3.05) is 31.6 Å². The fourth-order valence-corrected chi connectivity index (χ4v) is 5.36. The Kier molecular flexibility index (Phi) is 9.05. The number of hydrogen-bond donors (Lipinski definition) is 3. The third-order valence-electron chi connectivity index (χ3n) is 7.06. The van der Waals surface area contributed by atoms with Crippen LogP contribution in [0.25, 0.3) is 0 Å². The van der Waals surface area contributed by atoms with E-state index in [4.69, 9.17) is 21.1 Å². The van der Waals surface area contributed by atoms with Gasteiger partial charge in [0.2, 0.25) is 5.91 Å². The number of rotatable bonds is 5. The molecule has 34 heavy (non-hydrogen) atoms. The molecular formula is C25H36ClN3O5. The van der Waals surface area contributed by atoms with Gasteiger partial charge in [-0.2, -0.15) is 0 Å². The minimum atomic E-state index is -0.778. The lowest BCUT2D eigenvalue weighted by molar-refractivity contribution is -0.149. The van der Waals surface area contributed by atoms with Gasteiger partial charge in [-0.1, -0.05) is 30.9 Å². The van der Waals surface area contributed by atoms with Gasteiger partial charge in [0, 0.05) is 17.3 Å². The maximum atomic E-state index is 13.1. The van der Waals surface area contributed by atoms with Gasteiger partial charge in [0.15, 0.2) is 0 Å². The van der Waals surface area contributed by atoms with Crippen molar-refractivity contribution in [2.45, 2.75) is 75.7 Å². The molecule has 1 aromatic carbocycles. The molecule has 0 aromatic heterocycles. The van der Waals surface area contributed by atoms with Crippen molar-refractivity contribution < 1.29 is 24.2 Å². The van der Waals surface area contributed by atoms with E-state index in [0.29, 0.717) is 35.9 Å². The number of anilines is 1. The van der Waals surface area contributed by atoms with Crippen LogP contribution in [0.5, 0.6) is 0 Å². The molecule has 0 unspecified atom stereocenters. The van der Waals surface area contributed by atoms with Crippen molar-refractivity contribution >= 4 is 29.2 Å². The molecule has 188 valence electrons. The highest BCUT2D eigenvalue weighted by Gasteiger charge is 2.40. The number of benzene rings is 1. The molecule has 1 aromatic rings. The number of aliphatic hydroxyl groups excluding tert-OH is 1. The summed E-state index contributed by atoms with van der Waals surface area (Å²) >= 11 is 5.94. The Morgan fingerprint density at radius 1 is 1.06 bits per heavy atom. The molecule has 1 aliphatic carbocycles. The summed E-state index contributed by atoms with van der Waals surface area (Å²) in [4.78, 5) is 27.3. The van der Waals surface area contributed by atoms with Crippen LogP contribution in [0.4, 0.5) is 10.5 Å². The van der Waals surface area contributed by atoms with Gasteiger partial charge in [-0.05, 0) is 55.9 Å². The zero-order valence-electron chi connectivity index (χ0n) is 19.6. The number of nitrogens with one attached hydrogen (secondary N) is 2. The number of aliphatic hydroxyl groups is 1. The van der Waals surface area contributed by atoms with E-state index in [-0.39, 0.29) is 49.9 Å². The van der Waals surface area contributed by atoms with Gasteiger partial charge in [-0.15, -0.1) is 0 Å². The molecule has 1 saturated carbocycles. The van der Waals surface area contributed by atoms with E-state index in [2.05, 4.69) is 10.6 Å². The average Bonchev–Trinajstić information content (AvgIpc) is 2.82. The highest BCUT2D eigenvalue weighted by Crippen LogP contribution is 2.29. The van der Waals surface area contributed by atoms with E-state index in [1.54, 1.807) is 29.2 Å². The summed E-state index contributed by atoms with van der Waals surface area (Å²) in [6.45, 7) is 1.30. The molecule has 2 aliphatic heterocycles. The van der Waals surface area contributed by atoms with Crippen LogP contribution in [0, 0.1) is 5.92 Å². The second-order valence-corrected chi connectivity index (χ2v) is 10.2. The van der Waals surface area contributed by atoms with Crippen molar-refractivity contribution in [3.63, 3.8) is 0 Å². The van der Waals surface area contributed by atoms with E-state index < -0.39 is 6.10 Å². The standard InChI is InChI=1S/C25H36ClN3O5/c26-18-6-8-19(9-7-18)28-25(32)29-14-20(30)15-33-16-23-22(29)11-10-21(34-23)12-24(31)27-13-17-4-2-1-3-5-17/h6-9,17,20-23,30H,1-5,10-16H2,(H,27,31)(H,28,32)/t20-,21+,22-,23+/m1/s1. The topological polar surface area (TPSA) is 100 Å². The van der Waals surface area contributed by atoms with Gasteiger partial charge >= 0.3 is 6.03 Å². The van der Waals surface area contributed by atoms with Crippen molar-refractivity contribution in [3.05, 3.63) is 29.3 Å². The normalized spacial score (nSPS) is 28.4. The Labute approximate surface area is 206 Å². The second kappa shape index (κ2) is 12.2. The molecular weight excluding hydrogens is 458 g/mol. The monoisotopic (exact) mass is 493 g/mol. The zero-order valence-corrected chi connectivity index (χ0v) is 20.3. The first-order valence-electron chi connectivity index (χ1n) is 12.5. The Bertz CT molecular complexity index is 817. The minimum absolute atomic E-state index is 0.0218. The summed E-state index contributed by atoms with van der Waals surface area (Å²) in [5, 5.41) is 16.9. The number of nitrogens with zero attached hydrogens (tertiary/aromatic N) is 1. The lowest BCUT2D eigenvalue weighted by Gasteiger charge is -2.44. The maximum Gasteiger partial charge on any atom is 0.322 e. The average molecular weight is 494 g/mol. The number of carbonyl (C=O) groups is 2. The molecule has 4 rings (SSSR count). The molecule has 0 spiro atoms. The summed E-state index contributed by atoms with van der Waals surface area (Å²) < 4.78 is 11.9. The van der Waals surface area contributed by atoms with Crippen LogP contribution in [-0.4, -0.2) is 72.6 Å². The first kappa shape index (κ1) is 25.2. The largest absolute Gasteiger partial charge is 0.389 e. The van der Waals surface area contributed by atoms with Crippen LogP contribution in [0.2, 0.25) is 5.02 Å². The molecule has 0 radical (unpaired) electrons. The summed E-state index contributed by atoms with van der Waals surface area (Å²) in [6, 6.07) is 6.35. The molecule has 3 aliphatic rings. The first-order chi connectivity index (χ1) is 16.5. The van der Waals surface area contributed by atoms with Crippen LogP contribution in [-0.2, 0) is 14.3 Å². The van der Waals surface area contributed by atoms with Gasteiger partial charge in [0.05, 0.1) is 44.4 Å². The van der Waals surface area contributed by atoms with E-state index in [9.17, 15) is 14.7 Å². The molecule has 2 heterocycles. The fraction of sp³-hybridized carbons (Fsp3) is 0.680. The Hall–Kier alpha value is -1.87. The highest BCUT2D eigenvalue weighted by molar-refractivity contribution is 6.30. The Morgan fingerprint density at radius 3 is 2.59 bits per heavy atom. The van der Waals surface area contributed by atoms with Crippen LogP contribution in [0.1, 0.15) is 51.4 Å². The number of halogens is 1. The van der Waals surface area contributed by atoms with Gasteiger partial charge in [-0.3, -0.25) is 4.79 Å². The summed E-state index contributed by atoms with van der Waals surface area (Å²) in [5.74, 6) is 0.612. The summed E-state index contributed by atoms with van der Waals surface area (Å²) in [6.07, 6.45) is 6.52. The molecule has 0 bridgehead atoms. The van der Waals surface area contributed by atoms with E-state index in [0.717, 1.165) is 6.54 Å². The van der Waals surface area contributed by atoms with Crippen LogP contribution in [0.15, 0.2) is 24.3 Å². The van der Waals surface area contributed by atoms with E-state index >= 15 is 0 Å². The Morgan fingerprint density at radius 2 is 1.82 bits per heavy atom. The molecule has 9 heteroatoms. The lowest BCUT2D eigenvalue weighted by atomic mass is 9.89. The van der Waals surface area contributed by atoms with Crippen molar-refractivity contribution in [1.29, 1.82) is 0 Å². The van der Waals surface area contributed by atoms with Gasteiger partial charge < -0.3 is 30.1 Å². The van der Waals surface area contributed by atoms with Crippen LogP contribution >= 0.6 is 11.6 Å². The van der Waals surface area contributed by atoms with Crippen LogP contribution in [0.3, 0.4) is 0 Å². The number of ether oxygens (including phenoxy) is 2. The van der Waals surface area contributed by atoms with Crippen molar-refractivity contribution in [1.82, 2.24) is 10.2 Å². The van der Waals surface area contributed by atoms with Crippen molar-refractivity contribution in [2.24, 2.45) is 5.92 Å². The number of urea groups is 1. The van der Waals surface area contributed by atoms with Gasteiger partial charge in [0.1, 0.15) is 6.10 Å². The number of amides is 3. The Balaban J connectivity index is 1.33. The lowest BCUT2D eigenvalue weighted by Crippen LogP contribution is -2.58. The molecule has 3 amide bonds. The predicted octanol–water partition coefficient (Wildman–Crippen LogP) is 3.57. The van der Waals surface area contributed by atoms with Gasteiger partial charge in [-0.25, -0.2) is 4.79 Å². The third kappa shape index (κ3) is 7.07. The third-order valence-corrected chi connectivity index (χ3v) is 7.31. The zero-order chi connectivity index (χ0) is 23.9. The van der Waals surface area contributed by atoms with Crippen molar-refractivity contribution in [3.8, 4) is 0 Å². The number of carbonyl (C=O) groups excluding carboxylic acids is 2. The maximum absolute atomic E-state index is 13.1. The minimum Gasteiger partial charge on any atom is -0.389 e. The number of fused-ring (bicyclic) bond motifs is 1. The molecule has 3 N–H and O–H groups in total. The van der Waals surface area contributed by atoms with E-state index in [1.165, 1.54) is 32.1 Å². The molecule has 3 fully saturated rings. The second-order valence-electron chi connectivity index (χ2n) is 9.73. The molecule has 8 nitrogen and oxygen atoms in total. The van der Waals surface area contributed by atoms with Gasteiger partial charge in [0.25, 0.3) is 0 Å². The quantitative estimate of drug-likeness (QED) is 0.582. The molecule has 2 saturated heterocycles. The highest BCUT2D eigenvalue weighted by atomic mass is 35.5. The summed E-state index contributed by atoms with van der Waals surface area (Å²) in [7, 11) is 0. The van der Waals surface area contributed by atoms with E-state index in [1.807, 2.05) is 0 Å². The fourth-order valence-electron chi connectivity index (χ4n) is 5.23. The summed E-state index contributed by atoms with van der Waals surface area (Å²) in [5.41, 5.74) is 0.628. The smallest absolute Gasteiger partial charge is 0.322 e. The molecule has 4 atom stereocenters. The first-order valence-corrected chi connectivity index (χ1v) is 12.9. The SMILES string of the molecule is O=C(C[C@@H]1CC[C@@H]2[C@H](COC[C@H](O)CN2C(=O)Nc2ccc(Cl)cc2)O1)NCC1CCCCC1.